The fourth-order valence-corrected chi connectivity index (χ4v) is 4.51. The van der Waals surface area contributed by atoms with Crippen molar-refractivity contribution < 1.29 is 0 Å². The summed E-state index contributed by atoms with van der Waals surface area (Å²) < 4.78 is 2.12. The fourth-order valence-electron chi connectivity index (χ4n) is 3.48. The van der Waals surface area contributed by atoms with Crippen LogP contribution in [0, 0.1) is 5.92 Å². The highest BCUT2D eigenvalue weighted by atomic mass is 35.5. The fraction of sp³-hybridized carbons (Fsp3) is 0.421. The Balaban J connectivity index is 1.40. The number of nitrogens with zero attached hydrogens (tertiary/aromatic N) is 5. The highest BCUT2D eigenvalue weighted by molar-refractivity contribution is 7.15. The second-order valence-corrected chi connectivity index (χ2v) is 8.37. The number of hydrogen-bond donors (Lipinski definition) is 0. The summed E-state index contributed by atoms with van der Waals surface area (Å²) in [6.07, 6.45) is 8.17. The molecule has 7 heteroatoms. The summed E-state index contributed by atoms with van der Waals surface area (Å²) in [4.78, 5) is 6.86. The number of anilines is 1. The lowest BCUT2D eigenvalue weighted by molar-refractivity contribution is 0.402. The van der Waals surface area contributed by atoms with E-state index in [9.17, 15) is 0 Å². The van der Waals surface area contributed by atoms with E-state index in [1.807, 2.05) is 36.7 Å². The van der Waals surface area contributed by atoms with Crippen LogP contribution in [0.3, 0.4) is 0 Å². The van der Waals surface area contributed by atoms with E-state index in [2.05, 4.69) is 31.7 Å². The molecule has 2 aromatic heterocycles. The second kappa shape index (κ2) is 7.76. The first-order valence-electron chi connectivity index (χ1n) is 8.95. The summed E-state index contributed by atoms with van der Waals surface area (Å²) in [5, 5.41) is 11.7. The molecule has 0 radical (unpaired) electrons. The van der Waals surface area contributed by atoms with Crippen LogP contribution in [0.5, 0.6) is 0 Å². The zero-order valence-electron chi connectivity index (χ0n) is 14.8. The molecule has 136 valence electrons. The van der Waals surface area contributed by atoms with Crippen molar-refractivity contribution >= 4 is 28.1 Å². The Labute approximate surface area is 162 Å². The van der Waals surface area contributed by atoms with Gasteiger partial charge in [-0.3, -0.25) is 0 Å². The molecular weight excluding hydrogens is 366 g/mol. The maximum absolute atomic E-state index is 5.96. The Morgan fingerprint density at radius 2 is 2.08 bits per heavy atom. The van der Waals surface area contributed by atoms with Crippen molar-refractivity contribution in [3.8, 4) is 0 Å². The molecule has 1 saturated heterocycles. The Kier molecular flexibility index (Phi) is 5.22. The zero-order valence-corrected chi connectivity index (χ0v) is 16.4. The third-order valence-corrected chi connectivity index (χ3v) is 6.14. The minimum atomic E-state index is 0.619. The maximum Gasteiger partial charge on any atom is 0.208 e. The Bertz CT molecular complexity index is 857. The van der Waals surface area contributed by atoms with E-state index in [0.29, 0.717) is 5.92 Å². The van der Waals surface area contributed by atoms with Gasteiger partial charge >= 0.3 is 0 Å². The smallest absolute Gasteiger partial charge is 0.208 e. The van der Waals surface area contributed by atoms with E-state index in [1.165, 1.54) is 18.4 Å². The third-order valence-electron chi connectivity index (χ3n) is 4.91. The third kappa shape index (κ3) is 4.07. The van der Waals surface area contributed by atoms with Crippen molar-refractivity contribution in [3.63, 3.8) is 0 Å². The molecule has 3 aromatic rings. The summed E-state index contributed by atoms with van der Waals surface area (Å²) in [6, 6.07) is 7.94. The number of benzene rings is 1. The van der Waals surface area contributed by atoms with Crippen LogP contribution in [0.25, 0.3) is 0 Å². The van der Waals surface area contributed by atoms with Crippen LogP contribution in [0.1, 0.15) is 29.2 Å². The second-order valence-electron chi connectivity index (χ2n) is 6.89. The molecule has 1 aromatic carbocycles. The quantitative estimate of drug-likeness (QED) is 0.664. The molecule has 0 saturated carbocycles. The number of aryl methyl sites for hydroxylation is 1. The number of rotatable bonds is 5. The van der Waals surface area contributed by atoms with E-state index in [4.69, 9.17) is 11.6 Å². The maximum atomic E-state index is 5.96. The molecule has 0 spiro atoms. The molecule has 0 N–H and O–H groups in total. The molecule has 0 bridgehead atoms. The first kappa shape index (κ1) is 17.5. The van der Waals surface area contributed by atoms with Crippen LogP contribution in [-0.4, -0.2) is 32.8 Å². The molecule has 1 fully saturated rings. The van der Waals surface area contributed by atoms with Crippen molar-refractivity contribution in [2.24, 2.45) is 13.0 Å². The van der Waals surface area contributed by atoms with Gasteiger partial charge in [-0.15, -0.1) is 10.2 Å². The average molecular weight is 388 g/mol. The molecule has 0 aliphatic carbocycles. The van der Waals surface area contributed by atoms with Crippen LogP contribution in [0.4, 0.5) is 5.13 Å². The van der Waals surface area contributed by atoms with Crippen molar-refractivity contribution in [2.75, 3.05) is 18.0 Å². The van der Waals surface area contributed by atoms with Gasteiger partial charge in [-0.05, 0) is 36.5 Å². The summed E-state index contributed by atoms with van der Waals surface area (Å²) in [6.45, 7) is 2.09. The predicted octanol–water partition coefficient (Wildman–Crippen LogP) is 3.97. The SMILES string of the molecule is Cn1ccnc1CC1CCCN(c2nnc(Cc3ccc(Cl)cc3)s2)C1. The van der Waals surface area contributed by atoms with Gasteiger partial charge in [0.05, 0.1) is 0 Å². The minimum Gasteiger partial charge on any atom is -0.346 e. The van der Waals surface area contributed by atoms with Crippen LogP contribution in [0.15, 0.2) is 36.7 Å². The standard InChI is InChI=1S/C19H22ClN5S/c1-24-10-8-21-17(24)11-15-3-2-9-25(13-15)19-23-22-18(26-19)12-14-4-6-16(20)7-5-14/h4-8,10,15H,2-3,9,11-13H2,1H3. The largest absolute Gasteiger partial charge is 0.346 e. The topological polar surface area (TPSA) is 46.8 Å². The lowest BCUT2D eigenvalue weighted by atomic mass is 9.95. The van der Waals surface area contributed by atoms with E-state index >= 15 is 0 Å². The molecule has 1 aliphatic rings. The van der Waals surface area contributed by atoms with Gasteiger partial charge in [0.1, 0.15) is 10.8 Å². The minimum absolute atomic E-state index is 0.619. The predicted molar refractivity (Wildman–Crippen MR) is 106 cm³/mol. The van der Waals surface area contributed by atoms with E-state index in [-0.39, 0.29) is 0 Å². The van der Waals surface area contributed by atoms with Gasteiger partial charge in [-0.25, -0.2) is 4.98 Å². The van der Waals surface area contributed by atoms with Gasteiger partial charge in [-0.1, -0.05) is 35.1 Å². The van der Waals surface area contributed by atoms with Gasteiger partial charge in [-0.2, -0.15) is 0 Å². The van der Waals surface area contributed by atoms with Gasteiger partial charge in [0.25, 0.3) is 0 Å². The lowest BCUT2D eigenvalue weighted by Crippen LogP contribution is -2.36. The molecule has 1 atom stereocenters. The molecule has 3 heterocycles. The van der Waals surface area contributed by atoms with Crippen LogP contribution in [-0.2, 0) is 19.9 Å². The van der Waals surface area contributed by atoms with Gasteiger partial charge < -0.3 is 9.47 Å². The number of halogens is 1. The summed E-state index contributed by atoms with van der Waals surface area (Å²) in [5.74, 6) is 1.78. The van der Waals surface area contributed by atoms with Crippen LogP contribution in [0.2, 0.25) is 5.02 Å². The number of aromatic nitrogens is 4. The zero-order chi connectivity index (χ0) is 17.9. The van der Waals surface area contributed by atoms with E-state index in [0.717, 1.165) is 46.9 Å². The normalized spacial score (nSPS) is 17.6. The molecule has 0 amide bonds. The molecule has 26 heavy (non-hydrogen) atoms. The monoisotopic (exact) mass is 387 g/mol. The average Bonchev–Trinajstić information content (AvgIpc) is 3.27. The first-order valence-corrected chi connectivity index (χ1v) is 10.1. The number of piperidine rings is 1. The Morgan fingerprint density at radius 3 is 2.85 bits per heavy atom. The highest BCUT2D eigenvalue weighted by Gasteiger charge is 2.24. The Morgan fingerprint density at radius 1 is 1.23 bits per heavy atom. The van der Waals surface area contributed by atoms with Crippen LogP contribution >= 0.6 is 22.9 Å². The van der Waals surface area contributed by atoms with Crippen molar-refractivity contribution in [2.45, 2.75) is 25.7 Å². The van der Waals surface area contributed by atoms with Gasteiger partial charge in [0, 0.05) is 50.4 Å². The number of hydrogen-bond acceptors (Lipinski definition) is 5. The molecule has 5 nitrogen and oxygen atoms in total. The van der Waals surface area contributed by atoms with Crippen molar-refractivity contribution in [1.29, 1.82) is 0 Å². The van der Waals surface area contributed by atoms with Crippen molar-refractivity contribution in [1.82, 2.24) is 19.7 Å². The van der Waals surface area contributed by atoms with E-state index in [1.54, 1.807) is 11.3 Å². The molecule has 4 rings (SSSR count). The number of imidazole rings is 1. The highest BCUT2D eigenvalue weighted by Crippen LogP contribution is 2.28. The van der Waals surface area contributed by atoms with Gasteiger partial charge in [0.2, 0.25) is 5.13 Å². The first-order chi connectivity index (χ1) is 12.7. The lowest BCUT2D eigenvalue weighted by Gasteiger charge is -2.32. The molecule has 1 aliphatic heterocycles. The van der Waals surface area contributed by atoms with Crippen LogP contribution < -0.4 is 4.90 Å². The van der Waals surface area contributed by atoms with E-state index < -0.39 is 0 Å². The summed E-state index contributed by atoms with van der Waals surface area (Å²) >= 11 is 7.66. The Hall–Kier alpha value is -1.92. The molecular formula is C19H22ClN5S. The molecule has 1 unspecified atom stereocenters. The summed E-state index contributed by atoms with van der Waals surface area (Å²) in [5.41, 5.74) is 1.21. The van der Waals surface area contributed by atoms with Gasteiger partial charge in [0.15, 0.2) is 0 Å². The van der Waals surface area contributed by atoms with Crippen molar-refractivity contribution in [3.05, 3.63) is 58.1 Å². The summed E-state index contributed by atoms with van der Waals surface area (Å²) in [7, 11) is 2.07.